The van der Waals surface area contributed by atoms with Gasteiger partial charge in [0.05, 0.1) is 5.60 Å². The lowest BCUT2D eigenvalue weighted by molar-refractivity contribution is -0.0808. The van der Waals surface area contributed by atoms with Crippen LogP contribution in [0.15, 0.2) is 18.2 Å². The van der Waals surface area contributed by atoms with Crippen molar-refractivity contribution in [3.8, 4) is 0 Å². The summed E-state index contributed by atoms with van der Waals surface area (Å²) in [5, 5.41) is 0. The zero-order valence-electron chi connectivity index (χ0n) is 10.6. The lowest BCUT2D eigenvalue weighted by Crippen LogP contribution is -2.50. The number of benzene rings is 1. The lowest BCUT2D eigenvalue weighted by atomic mass is 9.85. The molecule has 2 nitrogen and oxygen atoms in total. The van der Waals surface area contributed by atoms with Crippen molar-refractivity contribution in [2.24, 2.45) is 5.73 Å². The topological polar surface area (TPSA) is 35.2 Å². The zero-order chi connectivity index (χ0) is 13.2. The first-order valence-corrected chi connectivity index (χ1v) is 6.34. The Labute approximate surface area is 106 Å². The van der Waals surface area contributed by atoms with Crippen molar-refractivity contribution in [2.45, 2.75) is 44.2 Å². The fraction of sp³-hybridized carbons (Fsp3) is 0.571. The highest BCUT2D eigenvalue weighted by Crippen LogP contribution is 2.28. The third kappa shape index (κ3) is 3.06. The summed E-state index contributed by atoms with van der Waals surface area (Å²) in [7, 11) is 0. The Morgan fingerprint density at radius 1 is 1.28 bits per heavy atom. The molecule has 1 aromatic carbocycles. The predicted molar refractivity (Wildman–Crippen MR) is 66.2 cm³/mol. The summed E-state index contributed by atoms with van der Waals surface area (Å²) in [4.78, 5) is 0. The highest BCUT2D eigenvalue weighted by Gasteiger charge is 2.34. The van der Waals surface area contributed by atoms with Gasteiger partial charge in [0, 0.05) is 18.7 Å². The van der Waals surface area contributed by atoms with Crippen molar-refractivity contribution < 1.29 is 13.5 Å². The van der Waals surface area contributed by atoms with Crippen molar-refractivity contribution in [3.05, 3.63) is 35.4 Å². The predicted octanol–water partition coefficient (Wildman–Crippen LogP) is 2.79. The first kappa shape index (κ1) is 13.4. The normalized spacial score (nSPS) is 26.0. The van der Waals surface area contributed by atoms with Crippen LogP contribution >= 0.6 is 0 Å². The molecule has 0 aromatic heterocycles. The molecule has 1 saturated heterocycles. The molecule has 2 unspecified atom stereocenters. The third-order valence-electron chi connectivity index (χ3n) is 3.66. The van der Waals surface area contributed by atoms with Gasteiger partial charge in [0.25, 0.3) is 0 Å². The fourth-order valence-corrected chi connectivity index (χ4v) is 2.45. The standard InChI is InChI=1S/C14H19F2NO/c1-14(4-2-3-5-18-14)13(17)8-10-6-11(15)9-12(16)7-10/h6-7,9,13H,2-5,8,17H2,1H3. The molecule has 1 aromatic rings. The van der Waals surface area contributed by atoms with Crippen molar-refractivity contribution in [1.29, 1.82) is 0 Å². The molecule has 0 saturated carbocycles. The molecule has 2 N–H and O–H groups in total. The molecule has 0 spiro atoms. The summed E-state index contributed by atoms with van der Waals surface area (Å²) in [6.45, 7) is 2.69. The van der Waals surface area contributed by atoms with Crippen LogP contribution < -0.4 is 5.73 Å². The minimum absolute atomic E-state index is 0.251. The number of halogens is 2. The summed E-state index contributed by atoms with van der Waals surface area (Å²) in [5.41, 5.74) is 6.34. The molecule has 2 atom stereocenters. The maximum Gasteiger partial charge on any atom is 0.126 e. The van der Waals surface area contributed by atoms with Gasteiger partial charge in [-0.2, -0.15) is 0 Å². The van der Waals surface area contributed by atoms with E-state index >= 15 is 0 Å². The van der Waals surface area contributed by atoms with E-state index in [1.54, 1.807) is 0 Å². The van der Waals surface area contributed by atoms with Crippen LogP contribution in [0.25, 0.3) is 0 Å². The minimum atomic E-state index is -0.563. The van der Waals surface area contributed by atoms with Crippen LogP contribution in [0.3, 0.4) is 0 Å². The van der Waals surface area contributed by atoms with Gasteiger partial charge in [0.2, 0.25) is 0 Å². The highest BCUT2D eigenvalue weighted by molar-refractivity contribution is 5.19. The molecular weight excluding hydrogens is 236 g/mol. The van der Waals surface area contributed by atoms with E-state index in [0.717, 1.165) is 25.3 Å². The van der Waals surface area contributed by atoms with E-state index in [4.69, 9.17) is 10.5 Å². The van der Waals surface area contributed by atoms with E-state index < -0.39 is 11.6 Å². The van der Waals surface area contributed by atoms with Crippen molar-refractivity contribution in [2.75, 3.05) is 6.61 Å². The monoisotopic (exact) mass is 255 g/mol. The Morgan fingerprint density at radius 2 is 1.94 bits per heavy atom. The maximum absolute atomic E-state index is 13.1. The molecule has 100 valence electrons. The van der Waals surface area contributed by atoms with E-state index in [1.165, 1.54) is 12.1 Å². The third-order valence-corrected chi connectivity index (χ3v) is 3.66. The number of hydrogen-bond acceptors (Lipinski definition) is 2. The van der Waals surface area contributed by atoms with E-state index in [-0.39, 0.29) is 11.6 Å². The molecule has 0 radical (unpaired) electrons. The van der Waals surface area contributed by atoms with Crippen LogP contribution in [0.4, 0.5) is 8.78 Å². The van der Waals surface area contributed by atoms with E-state index in [9.17, 15) is 8.78 Å². The Morgan fingerprint density at radius 3 is 2.50 bits per heavy atom. The van der Waals surface area contributed by atoms with E-state index in [2.05, 4.69) is 0 Å². The molecule has 18 heavy (non-hydrogen) atoms. The van der Waals surface area contributed by atoms with Crippen LogP contribution in [0.1, 0.15) is 31.7 Å². The van der Waals surface area contributed by atoms with Gasteiger partial charge in [0.1, 0.15) is 11.6 Å². The highest BCUT2D eigenvalue weighted by atomic mass is 19.1. The van der Waals surface area contributed by atoms with Gasteiger partial charge in [-0.1, -0.05) is 0 Å². The van der Waals surface area contributed by atoms with Gasteiger partial charge >= 0.3 is 0 Å². The summed E-state index contributed by atoms with van der Waals surface area (Å²) >= 11 is 0. The molecule has 1 aliphatic rings. The van der Waals surface area contributed by atoms with Crippen molar-refractivity contribution in [3.63, 3.8) is 0 Å². The van der Waals surface area contributed by atoms with Crippen LogP contribution in [-0.2, 0) is 11.2 Å². The molecule has 4 heteroatoms. The number of nitrogens with two attached hydrogens (primary N) is 1. The van der Waals surface area contributed by atoms with Crippen LogP contribution in [0, 0.1) is 11.6 Å². The van der Waals surface area contributed by atoms with E-state index in [0.29, 0.717) is 18.6 Å². The number of rotatable bonds is 3. The van der Waals surface area contributed by atoms with Gasteiger partial charge < -0.3 is 10.5 Å². The molecule has 1 heterocycles. The first-order chi connectivity index (χ1) is 8.49. The van der Waals surface area contributed by atoms with E-state index in [1.807, 2.05) is 6.92 Å². The van der Waals surface area contributed by atoms with Gasteiger partial charge in [-0.15, -0.1) is 0 Å². The van der Waals surface area contributed by atoms with Gasteiger partial charge in [-0.05, 0) is 50.3 Å². The molecular formula is C14H19F2NO. The van der Waals surface area contributed by atoms with Gasteiger partial charge in [-0.3, -0.25) is 0 Å². The lowest BCUT2D eigenvalue weighted by Gasteiger charge is -2.38. The zero-order valence-corrected chi connectivity index (χ0v) is 10.6. The molecule has 0 aliphatic carbocycles. The van der Waals surface area contributed by atoms with Crippen molar-refractivity contribution >= 4 is 0 Å². The van der Waals surface area contributed by atoms with Crippen LogP contribution in [0.2, 0.25) is 0 Å². The summed E-state index contributed by atoms with van der Waals surface area (Å²) in [5.74, 6) is -1.13. The molecule has 0 bridgehead atoms. The molecule has 0 amide bonds. The van der Waals surface area contributed by atoms with Crippen LogP contribution in [0.5, 0.6) is 0 Å². The number of hydrogen-bond donors (Lipinski definition) is 1. The van der Waals surface area contributed by atoms with Crippen molar-refractivity contribution in [1.82, 2.24) is 0 Å². The SMILES string of the molecule is CC1(C(N)Cc2cc(F)cc(F)c2)CCCCO1. The van der Waals surface area contributed by atoms with Gasteiger partial charge in [0.15, 0.2) is 0 Å². The average molecular weight is 255 g/mol. The quantitative estimate of drug-likeness (QED) is 0.901. The fourth-order valence-electron chi connectivity index (χ4n) is 2.45. The number of ether oxygens (including phenoxy) is 1. The molecule has 1 aliphatic heterocycles. The molecule has 1 fully saturated rings. The Balaban J connectivity index is 2.08. The second-order valence-electron chi connectivity index (χ2n) is 5.21. The summed E-state index contributed by atoms with van der Waals surface area (Å²) < 4.78 is 32.0. The summed E-state index contributed by atoms with van der Waals surface area (Å²) in [6.07, 6.45) is 3.45. The largest absolute Gasteiger partial charge is 0.374 e. The maximum atomic E-state index is 13.1. The molecule has 2 rings (SSSR count). The Bertz CT molecular complexity index is 396. The first-order valence-electron chi connectivity index (χ1n) is 6.34. The smallest absolute Gasteiger partial charge is 0.126 e. The minimum Gasteiger partial charge on any atom is -0.374 e. The Kier molecular flexibility index (Phi) is 3.97. The second kappa shape index (κ2) is 5.33. The van der Waals surface area contributed by atoms with Crippen LogP contribution in [-0.4, -0.2) is 18.2 Å². The van der Waals surface area contributed by atoms with Gasteiger partial charge in [-0.25, -0.2) is 8.78 Å². The second-order valence-corrected chi connectivity index (χ2v) is 5.21. The summed E-state index contributed by atoms with van der Waals surface area (Å²) in [6, 6.07) is 3.27. The average Bonchev–Trinajstić information content (AvgIpc) is 2.28. The Hall–Kier alpha value is -1.00.